The summed E-state index contributed by atoms with van der Waals surface area (Å²) < 4.78 is 17.0. The van der Waals surface area contributed by atoms with E-state index in [2.05, 4.69) is 51.7 Å². The van der Waals surface area contributed by atoms with Crippen molar-refractivity contribution in [1.29, 1.82) is 0 Å². The lowest BCUT2D eigenvalue weighted by atomic mass is 9.95. The molecule has 0 unspecified atom stereocenters. The summed E-state index contributed by atoms with van der Waals surface area (Å²) >= 11 is 0. The Balaban J connectivity index is 1.37. The van der Waals surface area contributed by atoms with Gasteiger partial charge in [0.05, 0.1) is 36.9 Å². The van der Waals surface area contributed by atoms with E-state index in [4.69, 9.17) is 29.6 Å². The number of hydrogen-bond acceptors (Lipinski definition) is 12. The van der Waals surface area contributed by atoms with Crippen LogP contribution in [0.25, 0.3) is 33.4 Å². The first-order chi connectivity index (χ1) is 35.0. The lowest BCUT2D eigenvalue weighted by Gasteiger charge is -2.15. The predicted octanol–water partition coefficient (Wildman–Crippen LogP) is 17.6. The van der Waals surface area contributed by atoms with Crippen molar-refractivity contribution in [2.75, 3.05) is 19.8 Å². The molecule has 0 aromatic heterocycles. The molecule has 0 spiro atoms. The third-order valence-electron chi connectivity index (χ3n) is 12.7. The van der Waals surface area contributed by atoms with Crippen LogP contribution in [-0.4, -0.2) is 35.1 Å². The van der Waals surface area contributed by atoms with Crippen LogP contribution in [0, 0.1) is 0 Å². The molecular weight excluding hydrogens is 901 g/mol. The van der Waals surface area contributed by atoms with Gasteiger partial charge >= 0.3 is 0 Å². The summed E-state index contributed by atoms with van der Waals surface area (Å²) in [5.74, 6) is 0.535. The summed E-state index contributed by atoms with van der Waals surface area (Å²) in [6.45, 7) is 19.9. The molecule has 7 aromatic rings. The van der Waals surface area contributed by atoms with Crippen molar-refractivity contribution in [3.05, 3.63) is 143 Å². The van der Waals surface area contributed by atoms with E-state index in [9.17, 15) is 15.3 Å². The molecule has 0 saturated carbocycles. The van der Waals surface area contributed by atoms with Crippen molar-refractivity contribution in [3.63, 3.8) is 0 Å². The molecular formula is C60H66N6O6. The Kier molecular flexibility index (Phi) is 17.6. The van der Waals surface area contributed by atoms with Crippen molar-refractivity contribution in [3.8, 4) is 67.9 Å². The summed E-state index contributed by atoms with van der Waals surface area (Å²) in [7, 11) is 0. The van der Waals surface area contributed by atoms with Gasteiger partial charge in [0.15, 0.2) is 34.3 Å². The van der Waals surface area contributed by atoms with Crippen LogP contribution in [0.2, 0.25) is 0 Å². The Labute approximate surface area is 423 Å². The van der Waals surface area contributed by atoms with E-state index in [1.54, 1.807) is 0 Å². The normalized spacial score (nSPS) is 11.6. The Hall–Kier alpha value is -7.86. The molecule has 0 amide bonds. The number of phenols is 3. The SMILES string of the molecule is CCOc1ccc(-c2cc(CC)c(N=Nc3c(O)c(N=Nc4c(CC)cc(-c5ccc(OCC)cc5)cc4CC)c(O)c(N=Nc4c(CC)cc(-c5ccc(OCC)cc5)cc4CC)c3O)c(CC)c2)cc1. The number of azo groups is 3. The minimum absolute atomic E-state index is 0.343. The van der Waals surface area contributed by atoms with Crippen LogP contribution in [0.1, 0.15) is 95.7 Å². The van der Waals surface area contributed by atoms with Crippen molar-refractivity contribution >= 4 is 34.1 Å². The molecule has 0 saturated heterocycles. The van der Waals surface area contributed by atoms with Crippen LogP contribution in [0.5, 0.6) is 34.5 Å². The molecule has 0 aliphatic carbocycles. The monoisotopic (exact) mass is 967 g/mol. The molecule has 372 valence electrons. The standard InChI is InChI=1S/C60H66N6O6/c1-10-37-31-46(43-19-25-49(26-20-43)70-16-7)32-38(11-2)52(37)61-64-55-58(67)56(65-62-53-39(12-3)33-47(34-40(53)13-4)44-21-27-50(28-22-44)71-17-8)60(69)57(59(55)68)66-63-54-41(14-5)35-48(36-42(54)15-6)45-23-29-51(30-24-45)72-18-9/h19-36,67-69H,10-18H2,1-9H3. The van der Waals surface area contributed by atoms with Crippen LogP contribution >= 0.6 is 0 Å². The molecule has 0 bridgehead atoms. The van der Waals surface area contributed by atoms with Crippen molar-refractivity contribution in [2.45, 2.75) is 101 Å². The van der Waals surface area contributed by atoms with E-state index in [0.29, 0.717) is 75.4 Å². The quantitative estimate of drug-likeness (QED) is 0.0607. The molecule has 7 rings (SSSR count). The molecule has 0 heterocycles. The minimum Gasteiger partial charge on any atom is -0.504 e. The Morgan fingerprint density at radius 3 is 0.653 bits per heavy atom. The molecule has 12 heteroatoms. The fourth-order valence-electron chi connectivity index (χ4n) is 8.77. The van der Waals surface area contributed by atoms with Gasteiger partial charge in [-0.15, -0.1) is 30.7 Å². The van der Waals surface area contributed by atoms with E-state index in [1.807, 2.05) is 135 Å². The second-order valence-electron chi connectivity index (χ2n) is 17.1. The van der Waals surface area contributed by atoms with Crippen molar-refractivity contribution < 1.29 is 29.5 Å². The maximum absolute atomic E-state index is 12.1. The highest BCUT2D eigenvalue weighted by Gasteiger charge is 2.26. The van der Waals surface area contributed by atoms with Crippen LogP contribution in [-0.2, 0) is 38.5 Å². The second-order valence-corrected chi connectivity index (χ2v) is 17.1. The van der Waals surface area contributed by atoms with E-state index < -0.39 is 17.2 Å². The highest BCUT2D eigenvalue weighted by molar-refractivity contribution is 5.87. The van der Waals surface area contributed by atoms with Crippen LogP contribution in [0.4, 0.5) is 34.1 Å². The first-order valence-corrected chi connectivity index (χ1v) is 25.3. The number of ether oxygens (including phenoxy) is 3. The van der Waals surface area contributed by atoms with Crippen LogP contribution < -0.4 is 14.2 Å². The summed E-state index contributed by atoms with van der Waals surface area (Å²) in [6.07, 6.45) is 3.79. The van der Waals surface area contributed by atoms with Crippen molar-refractivity contribution in [1.82, 2.24) is 0 Å². The Morgan fingerprint density at radius 1 is 0.278 bits per heavy atom. The average molecular weight is 967 g/mol. The largest absolute Gasteiger partial charge is 0.504 e. The van der Waals surface area contributed by atoms with Gasteiger partial charge in [0.2, 0.25) is 0 Å². The van der Waals surface area contributed by atoms with Gasteiger partial charge in [-0.05, 0) is 199 Å². The van der Waals surface area contributed by atoms with Gasteiger partial charge in [-0.2, -0.15) is 0 Å². The molecule has 0 radical (unpaired) electrons. The molecule has 12 nitrogen and oxygen atoms in total. The number of aryl methyl sites for hydroxylation is 6. The highest BCUT2D eigenvalue weighted by atomic mass is 16.5. The minimum atomic E-state index is -0.621. The molecule has 7 aromatic carbocycles. The molecule has 0 aliphatic heterocycles. The van der Waals surface area contributed by atoms with Gasteiger partial charge in [0.1, 0.15) is 17.2 Å². The third kappa shape index (κ3) is 11.5. The number of aromatic hydroxyl groups is 3. The zero-order valence-corrected chi connectivity index (χ0v) is 43.0. The molecule has 72 heavy (non-hydrogen) atoms. The van der Waals surface area contributed by atoms with Gasteiger partial charge in [-0.1, -0.05) is 77.9 Å². The van der Waals surface area contributed by atoms with Gasteiger partial charge in [0, 0.05) is 0 Å². The van der Waals surface area contributed by atoms with Gasteiger partial charge in [0.25, 0.3) is 0 Å². The Bertz CT molecular complexity index is 2660. The zero-order chi connectivity index (χ0) is 51.3. The highest BCUT2D eigenvalue weighted by Crippen LogP contribution is 2.57. The first kappa shape index (κ1) is 52.0. The molecule has 0 aliphatic rings. The van der Waals surface area contributed by atoms with E-state index in [1.165, 1.54) is 0 Å². The average Bonchev–Trinajstić information content (AvgIpc) is 3.41. The van der Waals surface area contributed by atoms with E-state index >= 15 is 0 Å². The number of benzene rings is 7. The zero-order valence-electron chi connectivity index (χ0n) is 43.0. The molecule has 3 N–H and O–H groups in total. The first-order valence-electron chi connectivity index (χ1n) is 25.3. The number of phenolic OH excluding ortho intramolecular Hbond substituents is 3. The van der Waals surface area contributed by atoms with E-state index in [-0.39, 0.29) is 17.1 Å². The number of hydrogen-bond donors (Lipinski definition) is 3. The molecule has 0 atom stereocenters. The van der Waals surface area contributed by atoms with Crippen molar-refractivity contribution in [2.24, 2.45) is 30.7 Å². The number of rotatable bonds is 21. The lowest BCUT2D eigenvalue weighted by Crippen LogP contribution is -1.93. The predicted molar refractivity (Wildman–Crippen MR) is 289 cm³/mol. The second kappa shape index (κ2) is 24.3. The summed E-state index contributed by atoms with van der Waals surface area (Å²) in [4.78, 5) is 0. The van der Waals surface area contributed by atoms with Crippen LogP contribution in [0.3, 0.4) is 0 Å². The van der Waals surface area contributed by atoms with Gasteiger partial charge in [-0.25, -0.2) is 0 Å². The fourth-order valence-corrected chi connectivity index (χ4v) is 8.77. The van der Waals surface area contributed by atoms with Gasteiger partial charge in [-0.3, -0.25) is 0 Å². The van der Waals surface area contributed by atoms with Crippen LogP contribution in [0.15, 0.2) is 140 Å². The summed E-state index contributed by atoms with van der Waals surface area (Å²) in [5.41, 5.74) is 12.4. The summed E-state index contributed by atoms with van der Waals surface area (Å²) in [5, 5.41) is 63.9. The topological polar surface area (TPSA) is 163 Å². The third-order valence-corrected chi connectivity index (χ3v) is 12.7. The smallest absolute Gasteiger partial charge is 0.179 e. The summed E-state index contributed by atoms with van der Waals surface area (Å²) in [6, 6.07) is 36.4. The lowest BCUT2D eigenvalue weighted by molar-refractivity contribution is 0.340. The maximum atomic E-state index is 12.1. The van der Waals surface area contributed by atoms with Gasteiger partial charge < -0.3 is 29.5 Å². The fraction of sp³-hybridized carbons (Fsp3) is 0.300. The van der Waals surface area contributed by atoms with E-state index in [0.717, 1.165) is 84.0 Å². The molecule has 0 fully saturated rings. The number of nitrogens with zero attached hydrogens (tertiary/aromatic N) is 6. The maximum Gasteiger partial charge on any atom is 0.179 e. The Morgan fingerprint density at radius 2 is 0.472 bits per heavy atom.